The van der Waals surface area contributed by atoms with Gasteiger partial charge in [0.25, 0.3) is 0 Å². The van der Waals surface area contributed by atoms with E-state index in [1.165, 1.54) is 18.4 Å². The van der Waals surface area contributed by atoms with E-state index in [0.717, 1.165) is 18.8 Å². The number of nitrogens with zero attached hydrogens (tertiary/aromatic N) is 1. The van der Waals surface area contributed by atoms with Gasteiger partial charge in [-0.1, -0.05) is 12.1 Å². The maximum atomic E-state index is 11.4. The molecule has 2 atom stereocenters. The first kappa shape index (κ1) is 12.5. The third-order valence-electron chi connectivity index (χ3n) is 4.69. The second-order valence-corrected chi connectivity index (χ2v) is 5.82. The molecule has 3 aliphatic heterocycles. The fraction of sp³-hybridized carbons (Fsp3) is 0.533. The third kappa shape index (κ3) is 2.32. The molecule has 3 fully saturated rings. The van der Waals surface area contributed by atoms with Gasteiger partial charge in [-0.2, -0.15) is 0 Å². The van der Waals surface area contributed by atoms with Gasteiger partial charge in [0.05, 0.1) is 0 Å². The van der Waals surface area contributed by atoms with Crippen LogP contribution < -0.4 is 11.5 Å². The second-order valence-electron chi connectivity index (χ2n) is 5.82. The highest BCUT2D eigenvalue weighted by molar-refractivity contribution is 5.74. The van der Waals surface area contributed by atoms with Gasteiger partial charge >= 0.3 is 0 Å². The molecular weight excluding hydrogens is 238 g/mol. The van der Waals surface area contributed by atoms with E-state index in [0.29, 0.717) is 24.3 Å². The van der Waals surface area contributed by atoms with E-state index in [2.05, 4.69) is 17.0 Å². The van der Waals surface area contributed by atoms with E-state index in [1.54, 1.807) is 0 Å². The Morgan fingerprint density at radius 1 is 1.21 bits per heavy atom. The summed E-state index contributed by atoms with van der Waals surface area (Å²) in [5, 5.41) is 0. The molecule has 1 aromatic rings. The van der Waals surface area contributed by atoms with Crippen molar-refractivity contribution in [3.8, 4) is 0 Å². The first-order chi connectivity index (χ1) is 9.15. The quantitative estimate of drug-likeness (QED) is 0.808. The lowest BCUT2D eigenvalue weighted by Crippen LogP contribution is -2.50. The molecule has 3 heterocycles. The summed E-state index contributed by atoms with van der Waals surface area (Å²) in [5.74, 6) is 0.822. The highest BCUT2D eigenvalue weighted by atomic mass is 16.1. The van der Waals surface area contributed by atoms with Gasteiger partial charge in [-0.3, -0.25) is 9.69 Å². The summed E-state index contributed by atoms with van der Waals surface area (Å²) in [6.07, 6.45) is 2.89. The molecular formula is C15H21N3O. The topological polar surface area (TPSA) is 72.4 Å². The molecule has 102 valence electrons. The molecule has 2 unspecified atom stereocenters. The lowest BCUT2D eigenvalue weighted by molar-refractivity contribution is -0.122. The zero-order chi connectivity index (χ0) is 13.4. The number of rotatable bonds is 3. The minimum Gasteiger partial charge on any atom is -0.399 e. The molecule has 3 saturated heterocycles. The Bertz CT molecular complexity index is 463. The zero-order valence-corrected chi connectivity index (χ0v) is 11.1. The lowest BCUT2D eigenvalue weighted by atomic mass is 9.70. The summed E-state index contributed by atoms with van der Waals surface area (Å²) in [6.45, 7) is 2.27. The molecule has 0 aliphatic carbocycles. The van der Waals surface area contributed by atoms with Crippen LogP contribution in [0.3, 0.4) is 0 Å². The molecule has 0 aromatic heterocycles. The minimum atomic E-state index is -0.181. The summed E-state index contributed by atoms with van der Waals surface area (Å²) in [7, 11) is 0. The largest absolute Gasteiger partial charge is 0.399 e. The first-order valence-electron chi connectivity index (χ1n) is 7.03. The van der Waals surface area contributed by atoms with Crippen LogP contribution in [0.4, 0.5) is 5.69 Å². The highest BCUT2D eigenvalue weighted by Crippen LogP contribution is 2.46. The fourth-order valence-corrected chi connectivity index (χ4v) is 3.82. The summed E-state index contributed by atoms with van der Waals surface area (Å²) in [6, 6.07) is 8.41. The van der Waals surface area contributed by atoms with Crippen LogP contribution in [0, 0.1) is 11.8 Å². The average molecular weight is 259 g/mol. The smallest absolute Gasteiger partial charge is 0.217 e. The number of fused-ring (bicyclic) bond motifs is 3. The van der Waals surface area contributed by atoms with Crippen molar-refractivity contribution in [3.63, 3.8) is 0 Å². The van der Waals surface area contributed by atoms with Crippen molar-refractivity contribution in [2.24, 2.45) is 17.6 Å². The first-order valence-corrected chi connectivity index (χ1v) is 7.03. The predicted octanol–water partition coefficient (Wildman–Crippen LogP) is 1.53. The normalized spacial score (nSPS) is 33.3. The predicted molar refractivity (Wildman–Crippen MR) is 75.2 cm³/mol. The summed E-state index contributed by atoms with van der Waals surface area (Å²) in [5.41, 5.74) is 13.3. The zero-order valence-electron chi connectivity index (χ0n) is 11.1. The standard InChI is InChI=1S/C15H21N3O/c16-12-3-1-11(2-4-12)15-13(9-14(17)19)10-5-7-18(15)8-6-10/h1-4,10,13,15H,5-9,16H2,(H2,17,19). The Hall–Kier alpha value is -1.55. The number of carbonyl (C=O) groups excluding carboxylic acids is 1. The van der Waals surface area contributed by atoms with E-state index < -0.39 is 0 Å². The summed E-state index contributed by atoms with van der Waals surface area (Å²) >= 11 is 0. The molecule has 1 amide bonds. The average Bonchev–Trinajstić information content (AvgIpc) is 2.41. The van der Waals surface area contributed by atoms with Crippen molar-refractivity contribution in [2.75, 3.05) is 18.8 Å². The fourth-order valence-electron chi connectivity index (χ4n) is 3.82. The van der Waals surface area contributed by atoms with Gasteiger partial charge in [-0.15, -0.1) is 0 Å². The number of nitrogen functional groups attached to an aromatic ring is 1. The Kier molecular flexibility index (Phi) is 3.19. The maximum absolute atomic E-state index is 11.4. The Balaban J connectivity index is 1.91. The van der Waals surface area contributed by atoms with Gasteiger partial charge in [-0.05, 0) is 55.5 Å². The van der Waals surface area contributed by atoms with Crippen molar-refractivity contribution in [1.29, 1.82) is 0 Å². The van der Waals surface area contributed by atoms with Crippen LogP contribution in [0.1, 0.15) is 30.9 Å². The maximum Gasteiger partial charge on any atom is 0.217 e. The molecule has 0 radical (unpaired) electrons. The number of hydrogen-bond donors (Lipinski definition) is 2. The molecule has 1 aromatic carbocycles. The monoisotopic (exact) mass is 259 g/mol. The molecule has 4 nitrogen and oxygen atoms in total. The van der Waals surface area contributed by atoms with Gasteiger partial charge in [0.2, 0.25) is 5.91 Å². The Labute approximate surface area is 113 Å². The number of nitrogens with two attached hydrogens (primary N) is 2. The number of piperidine rings is 3. The van der Waals surface area contributed by atoms with Crippen molar-refractivity contribution in [2.45, 2.75) is 25.3 Å². The molecule has 2 bridgehead atoms. The number of benzene rings is 1. The van der Waals surface area contributed by atoms with Crippen LogP contribution in [-0.2, 0) is 4.79 Å². The van der Waals surface area contributed by atoms with E-state index >= 15 is 0 Å². The lowest BCUT2D eigenvalue weighted by Gasteiger charge is -2.51. The summed E-state index contributed by atoms with van der Waals surface area (Å²) in [4.78, 5) is 13.9. The van der Waals surface area contributed by atoms with Gasteiger partial charge < -0.3 is 11.5 Å². The molecule has 3 aliphatic rings. The van der Waals surface area contributed by atoms with Crippen LogP contribution in [0.2, 0.25) is 0 Å². The number of hydrogen-bond acceptors (Lipinski definition) is 3. The van der Waals surface area contributed by atoms with Crippen molar-refractivity contribution in [3.05, 3.63) is 29.8 Å². The van der Waals surface area contributed by atoms with Gasteiger partial charge in [0, 0.05) is 18.2 Å². The Morgan fingerprint density at radius 2 is 1.84 bits per heavy atom. The van der Waals surface area contributed by atoms with E-state index in [4.69, 9.17) is 11.5 Å². The van der Waals surface area contributed by atoms with Gasteiger partial charge in [0.1, 0.15) is 0 Å². The Morgan fingerprint density at radius 3 is 2.42 bits per heavy atom. The van der Waals surface area contributed by atoms with Crippen LogP contribution >= 0.6 is 0 Å². The van der Waals surface area contributed by atoms with Crippen LogP contribution in [0.15, 0.2) is 24.3 Å². The molecule has 0 spiro atoms. The number of anilines is 1. The number of amides is 1. The third-order valence-corrected chi connectivity index (χ3v) is 4.69. The van der Waals surface area contributed by atoms with E-state index in [9.17, 15) is 4.79 Å². The SMILES string of the molecule is NC(=O)CC1C2CCN(CC2)C1c1ccc(N)cc1. The number of carbonyl (C=O) groups is 1. The summed E-state index contributed by atoms with van der Waals surface area (Å²) < 4.78 is 0. The highest BCUT2D eigenvalue weighted by Gasteiger charge is 2.43. The van der Waals surface area contributed by atoms with Gasteiger partial charge in [0.15, 0.2) is 0 Å². The molecule has 4 rings (SSSR count). The molecule has 4 heteroatoms. The minimum absolute atomic E-state index is 0.181. The molecule has 0 saturated carbocycles. The second kappa shape index (κ2) is 4.85. The molecule has 19 heavy (non-hydrogen) atoms. The van der Waals surface area contributed by atoms with Gasteiger partial charge in [-0.25, -0.2) is 0 Å². The van der Waals surface area contributed by atoms with E-state index in [1.807, 2.05) is 12.1 Å². The van der Waals surface area contributed by atoms with Crippen LogP contribution in [-0.4, -0.2) is 23.9 Å². The van der Waals surface area contributed by atoms with Crippen molar-refractivity contribution >= 4 is 11.6 Å². The van der Waals surface area contributed by atoms with Crippen molar-refractivity contribution in [1.82, 2.24) is 4.90 Å². The van der Waals surface area contributed by atoms with Crippen molar-refractivity contribution < 1.29 is 4.79 Å². The molecule has 4 N–H and O–H groups in total. The van der Waals surface area contributed by atoms with Crippen LogP contribution in [0.5, 0.6) is 0 Å². The van der Waals surface area contributed by atoms with Crippen LogP contribution in [0.25, 0.3) is 0 Å². The number of primary amides is 1. The van der Waals surface area contributed by atoms with E-state index in [-0.39, 0.29) is 5.91 Å².